The van der Waals surface area contributed by atoms with Crippen LogP contribution < -0.4 is 15.4 Å². The summed E-state index contributed by atoms with van der Waals surface area (Å²) in [7, 11) is 1.65. The molecule has 2 N–H and O–H groups in total. The van der Waals surface area contributed by atoms with Crippen LogP contribution in [0.3, 0.4) is 0 Å². The van der Waals surface area contributed by atoms with Gasteiger partial charge < -0.3 is 20.1 Å². The highest BCUT2D eigenvalue weighted by molar-refractivity contribution is 5.79. The second-order valence-corrected chi connectivity index (χ2v) is 9.18. The summed E-state index contributed by atoms with van der Waals surface area (Å²) in [5, 5.41) is 6.21. The van der Waals surface area contributed by atoms with Crippen molar-refractivity contribution in [3.05, 3.63) is 29.8 Å². The summed E-state index contributed by atoms with van der Waals surface area (Å²) in [6.45, 7) is 11.4. The molecule has 0 bridgehead atoms. The Kier molecular flexibility index (Phi) is 11.0. The third-order valence-corrected chi connectivity index (χ3v) is 5.86. The molecule has 0 saturated carbocycles. The Labute approximate surface area is 193 Å². The van der Waals surface area contributed by atoms with Crippen LogP contribution in [0.2, 0.25) is 0 Å². The Hall–Kier alpha value is -2.12. The summed E-state index contributed by atoms with van der Waals surface area (Å²) >= 11 is 0. The number of hydrogen-bond acceptors (Lipinski definition) is 5. The zero-order valence-corrected chi connectivity index (χ0v) is 20.4. The van der Waals surface area contributed by atoms with Gasteiger partial charge in [0.05, 0.1) is 25.8 Å². The molecule has 1 aromatic rings. The van der Waals surface area contributed by atoms with E-state index in [2.05, 4.69) is 29.4 Å². The molecule has 1 heterocycles. The van der Waals surface area contributed by atoms with Gasteiger partial charge in [0, 0.05) is 19.1 Å². The molecule has 0 spiro atoms. The predicted octanol–water partition coefficient (Wildman–Crippen LogP) is 3.15. The van der Waals surface area contributed by atoms with Crippen LogP contribution in [0.25, 0.3) is 0 Å². The van der Waals surface area contributed by atoms with Crippen molar-refractivity contribution in [1.29, 1.82) is 0 Å². The maximum atomic E-state index is 12.7. The SMILES string of the molecule is COc1ccc([C@H](NC(=O)CN2CCC(C(=O)NCCCOC(C)C)CC2)C(C)C)cc1. The van der Waals surface area contributed by atoms with E-state index in [1.165, 1.54) is 0 Å². The van der Waals surface area contributed by atoms with Gasteiger partial charge in [-0.2, -0.15) is 0 Å². The Morgan fingerprint density at radius 1 is 1.09 bits per heavy atom. The topological polar surface area (TPSA) is 79.9 Å². The normalized spacial score (nSPS) is 16.2. The van der Waals surface area contributed by atoms with E-state index in [0.29, 0.717) is 19.7 Å². The summed E-state index contributed by atoms with van der Waals surface area (Å²) in [6, 6.07) is 7.80. The molecule has 2 amide bonds. The van der Waals surface area contributed by atoms with E-state index < -0.39 is 0 Å². The third kappa shape index (κ3) is 8.79. The molecule has 1 aliphatic rings. The monoisotopic (exact) mass is 447 g/mol. The van der Waals surface area contributed by atoms with Gasteiger partial charge in [-0.3, -0.25) is 14.5 Å². The molecule has 1 atom stereocenters. The van der Waals surface area contributed by atoms with Crippen molar-refractivity contribution in [2.45, 2.75) is 59.1 Å². The number of hydrogen-bond donors (Lipinski definition) is 2. The highest BCUT2D eigenvalue weighted by atomic mass is 16.5. The van der Waals surface area contributed by atoms with Gasteiger partial charge in [-0.1, -0.05) is 26.0 Å². The number of carbonyl (C=O) groups is 2. The van der Waals surface area contributed by atoms with Gasteiger partial charge in [-0.05, 0) is 69.8 Å². The maximum Gasteiger partial charge on any atom is 0.234 e. The average Bonchev–Trinajstić information content (AvgIpc) is 2.77. The first-order valence-electron chi connectivity index (χ1n) is 11.8. The average molecular weight is 448 g/mol. The lowest BCUT2D eigenvalue weighted by Gasteiger charge is -2.31. The van der Waals surface area contributed by atoms with E-state index in [1.54, 1.807) is 7.11 Å². The molecule has 1 saturated heterocycles. The molecule has 0 aromatic heterocycles. The smallest absolute Gasteiger partial charge is 0.234 e. The van der Waals surface area contributed by atoms with E-state index in [-0.39, 0.29) is 35.8 Å². The number of nitrogens with one attached hydrogen (secondary N) is 2. The molecule has 32 heavy (non-hydrogen) atoms. The van der Waals surface area contributed by atoms with Crippen molar-refractivity contribution in [2.75, 3.05) is 39.9 Å². The standard InChI is InChI=1S/C25H41N3O4/c1-18(2)24(20-7-9-22(31-5)10-8-20)27-23(29)17-28-14-11-21(12-15-28)25(30)26-13-6-16-32-19(3)4/h7-10,18-19,21,24H,6,11-17H2,1-5H3,(H,26,30)(H,27,29)/t24-/m1/s1. The summed E-state index contributed by atoms with van der Waals surface area (Å²) in [4.78, 5) is 27.2. The first-order valence-corrected chi connectivity index (χ1v) is 11.8. The van der Waals surface area contributed by atoms with Crippen molar-refractivity contribution in [3.63, 3.8) is 0 Å². The fourth-order valence-electron chi connectivity index (χ4n) is 3.97. The molecule has 1 aromatic carbocycles. The quantitative estimate of drug-likeness (QED) is 0.481. The van der Waals surface area contributed by atoms with Crippen molar-refractivity contribution in [2.24, 2.45) is 11.8 Å². The van der Waals surface area contributed by atoms with Gasteiger partial charge in [-0.25, -0.2) is 0 Å². The Morgan fingerprint density at radius 3 is 2.31 bits per heavy atom. The van der Waals surface area contributed by atoms with Crippen molar-refractivity contribution < 1.29 is 19.1 Å². The van der Waals surface area contributed by atoms with Crippen LogP contribution in [-0.2, 0) is 14.3 Å². The number of carbonyl (C=O) groups excluding carboxylic acids is 2. The predicted molar refractivity (Wildman–Crippen MR) is 127 cm³/mol. The molecular formula is C25H41N3O4. The molecule has 2 rings (SSSR count). The lowest BCUT2D eigenvalue weighted by atomic mass is 9.95. The lowest BCUT2D eigenvalue weighted by Crippen LogP contribution is -2.45. The number of amides is 2. The Morgan fingerprint density at radius 2 is 1.75 bits per heavy atom. The highest BCUT2D eigenvalue weighted by Crippen LogP contribution is 2.24. The van der Waals surface area contributed by atoms with Crippen LogP contribution in [0.15, 0.2) is 24.3 Å². The fraction of sp³-hybridized carbons (Fsp3) is 0.680. The molecule has 7 heteroatoms. The zero-order valence-electron chi connectivity index (χ0n) is 20.4. The van der Waals surface area contributed by atoms with E-state index in [0.717, 1.165) is 43.7 Å². The van der Waals surface area contributed by atoms with Crippen molar-refractivity contribution >= 4 is 11.8 Å². The molecule has 7 nitrogen and oxygen atoms in total. The highest BCUT2D eigenvalue weighted by Gasteiger charge is 2.26. The molecule has 1 fully saturated rings. The van der Waals surface area contributed by atoms with Gasteiger partial charge in [0.2, 0.25) is 11.8 Å². The third-order valence-electron chi connectivity index (χ3n) is 5.86. The maximum absolute atomic E-state index is 12.7. The zero-order chi connectivity index (χ0) is 23.5. The van der Waals surface area contributed by atoms with Gasteiger partial charge in [0.15, 0.2) is 0 Å². The van der Waals surface area contributed by atoms with Gasteiger partial charge >= 0.3 is 0 Å². The number of benzene rings is 1. The van der Waals surface area contributed by atoms with E-state index >= 15 is 0 Å². The second kappa shape index (κ2) is 13.4. The number of nitrogens with zero attached hydrogens (tertiary/aromatic N) is 1. The minimum absolute atomic E-state index is 0.0209. The van der Waals surface area contributed by atoms with E-state index in [4.69, 9.17) is 9.47 Å². The summed E-state index contributed by atoms with van der Waals surface area (Å²) in [5.74, 6) is 1.25. The summed E-state index contributed by atoms with van der Waals surface area (Å²) < 4.78 is 10.7. The number of likely N-dealkylation sites (tertiary alicyclic amines) is 1. The lowest BCUT2D eigenvalue weighted by molar-refractivity contribution is -0.127. The first kappa shape index (κ1) is 26.1. The first-order chi connectivity index (χ1) is 15.3. The van der Waals surface area contributed by atoms with Gasteiger partial charge in [0.25, 0.3) is 0 Å². The summed E-state index contributed by atoms with van der Waals surface area (Å²) in [6.07, 6.45) is 2.62. The molecular weight excluding hydrogens is 406 g/mol. The van der Waals surface area contributed by atoms with Gasteiger partial charge in [0.1, 0.15) is 5.75 Å². The van der Waals surface area contributed by atoms with E-state index in [1.807, 2.05) is 38.1 Å². The molecule has 180 valence electrons. The molecule has 1 aliphatic heterocycles. The number of rotatable bonds is 12. The minimum atomic E-state index is -0.0450. The van der Waals surface area contributed by atoms with Crippen LogP contribution in [-0.4, -0.2) is 62.7 Å². The molecule has 0 radical (unpaired) electrons. The van der Waals surface area contributed by atoms with Crippen LogP contribution in [0, 0.1) is 11.8 Å². The van der Waals surface area contributed by atoms with Crippen molar-refractivity contribution in [3.8, 4) is 5.75 Å². The number of methoxy groups -OCH3 is 1. The summed E-state index contributed by atoms with van der Waals surface area (Å²) in [5.41, 5.74) is 1.07. The van der Waals surface area contributed by atoms with Crippen LogP contribution in [0.1, 0.15) is 58.6 Å². The molecule has 0 aliphatic carbocycles. The fourth-order valence-corrected chi connectivity index (χ4v) is 3.97. The largest absolute Gasteiger partial charge is 0.497 e. The number of piperidine rings is 1. The van der Waals surface area contributed by atoms with Crippen molar-refractivity contribution in [1.82, 2.24) is 15.5 Å². The van der Waals surface area contributed by atoms with Crippen LogP contribution in [0.5, 0.6) is 5.75 Å². The molecule has 0 unspecified atom stereocenters. The van der Waals surface area contributed by atoms with E-state index in [9.17, 15) is 9.59 Å². The number of ether oxygens (including phenoxy) is 2. The second-order valence-electron chi connectivity index (χ2n) is 9.18. The Balaban J connectivity index is 1.73. The van der Waals surface area contributed by atoms with Gasteiger partial charge in [-0.15, -0.1) is 0 Å². The minimum Gasteiger partial charge on any atom is -0.497 e. The van der Waals surface area contributed by atoms with Crippen LogP contribution in [0.4, 0.5) is 0 Å². The van der Waals surface area contributed by atoms with Crippen LogP contribution >= 0.6 is 0 Å². The Bertz CT molecular complexity index is 698.